The molecule has 0 aliphatic heterocycles. The van der Waals surface area contributed by atoms with Crippen molar-refractivity contribution in [1.29, 1.82) is 0 Å². The number of aromatic amines is 1. The molecule has 0 bridgehead atoms. The van der Waals surface area contributed by atoms with E-state index in [2.05, 4.69) is 14.7 Å². The lowest BCUT2D eigenvalue weighted by molar-refractivity contribution is 0.0638. The second-order valence-electron chi connectivity index (χ2n) is 8.44. The number of benzene rings is 2. The van der Waals surface area contributed by atoms with E-state index in [4.69, 9.17) is 14.2 Å². The van der Waals surface area contributed by atoms with E-state index in [0.717, 1.165) is 40.9 Å². The van der Waals surface area contributed by atoms with Crippen LogP contribution in [-0.2, 0) is 14.8 Å². The van der Waals surface area contributed by atoms with Crippen molar-refractivity contribution in [2.45, 2.75) is 23.3 Å². The second kappa shape index (κ2) is 9.66. The van der Waals surface area contributed by atoms with Crippen molar-refractivity contribution in [1.82, 2.24) is 14.7 Å². The average Bonchev–Trinajstić information content (AvgIpc) is 3.25. The van der Waals surface area contributed by atoms with Gasteiger partial charge in [0.25, 0.3) is 0 Å². The zero-order chi connectivity index (χ0) is 25.3. The normalized spacial score (nSPS) is 14.5. The fourth-order valence-corrected chi connectivity index (χ4v) is 5.15. The molecule has 2 aromatic carbocycles. The van der Waals surface area contributed by atoms with E-state index in [1.54, 1.807) is 25.4 Å². The van der Waals surface area contributed by atoms with Crippen LogP contribution in [0.1, 0.15) is 12.8 Å². The molecule has 4 aromatic rings. The van der Waals surface area contributed by atoms with Gasteiger partial charge < -0.3 is 19.2 Å². The fraction of sp³-hybridized carbons (Fsp3) is 0.240. The van der Waals surface area contributed by atoms with Gasteiger partial charge in [0.2, 0.25) is 10.0 Å². The van der Waals surface area contributed by atoms with Gasteiger partial charge >= 0.3 is 0 Å². The van der Waals surface area contributed by atoms with Crippen LogP contribution in [0, 0.1) is 5.82 Å². The molecule has 0 atom stereocenters. The zero-order valence-electron chi connectivity index (χ0n) is 19.6. The highest BCUT2D eigenvalue weighted by Crippen LogP contribution is 2.43. The number of aromatic nitrogens is 2. The molecule has 11 heteroatoms. The van der Waals surface area contributed by atoms with E-state index >= 15 is 0 Å². The maximum Gasteiger partial charge on any atom is 0.240 e. The van der Waals surface area contributed by atoms with Gasteiger partial charge in [-0.05, 0) is 62.4 Å². The van der Waals surface area contributed by atoms with E-state index in [0.29, 0.717) is 18.1 Å². The lowest BCUT2D eigenvalue weighted by Crippen LogP contribution is -2.24. The number of methoxy groups -OCH3 is 1. The lowest BCUT2D eigenvalue weighted by Gasteiger charge is -2.19. The summed E-state index contributed by atoms with van der Waals surface area (Å²) < 4.78 is 58.4. The Labute approximate surface area is 212 Å². The predicted molar refractivity (Wildman–Crippen MR) is 135 cm³/mol. The second-order valence-corrected chi connectivity index (χ2v) is 11.2. The van der Waals surface area contributed by atoms with Gasteiger partial charge in [-0.3, -0.25) is 0 Å². The summed E-state index contributed by atoms with van der Waals surface area (Å²) >= 11 is 1.53. The van der Waals surface area contributed by atoms with Crippen LogP contribution in [0.2, 0.25) is 0 Å². The molecule has 8 nitrogen and oxygen atoms in total. The minimum atomic E-state index is -3.78. The van der Waals surface area contributed by atoms with Crippen LogP contribution in [0.15, 0.2) is 65.0 Å². The summed E-state index contributed by atoms with van der Waals surface area (Å²) in [6.07, 6.45) is 3.48. The van der Waals surface area contributed by atoms with Gasteiger partial charge in [0, 0.05) is 36.0 Å². The molecule has 5 rings (SSSR count). The van der Waals surface area contributed by atoms with E-state index in [1.165, 1.54) is 30.5 Å². The number of thiazole rings is 1. The summed E-state index contributed by atoms with van der Waals surface area (Å²) in [6, 6.07) is 12.7. The highest BCUT2D eigenvalue weighted by Gasteiger charge is 2.45. The molecule has 0 saturated heterocycles. The van der Waals surface area contributed by atoms with Crippen LogP contribution in [0.25, 0.3) is 22.0 Å². The predicted octanol–water partition coefficient (Wildman–Crippen LogP) is 5.20. The Balaban J connectivity index is 1.49. The van der Waals surface area contributed by atoms with Gasteiger partial charge in [-0.1, -0.05) is 0 Å². The van der Waals surface area contributed by atoms with Crippen molar-refractivity contribution in [2.24, 2.45) is 0 Å². The Hall–Kier alpha value is -3.25. The van der Waals surface area contributed by atoms with Gasteiger partial charge in [-0.2, -0.15) is 0 Å². The first-order valence-electron chi connectivity index (χ1n) is 11.1. The molecule has 1 aliphatic carbocycles. The summed E-state index contributed by atoms with van der Waals surface area (Å²) in [7, 11) is -0.882. The summed E-state index contributed by atoms with van der Waals surface area (Å²) in [5, 5.41) is 2.77. The van der Waals surface area contributed by atoms with Crippen molar-refractivity contribution < 1.29 is 27.0 Å². The molecule has 1 fully saturated rings. The Morgan fingerprint density at radius 2 is 1.89 bits per heavy atom. The minimum Gasteiger partial charge on any atom is -0.485 e. The lowest BCUT2D eigenvalue weighted by atomic mass is 10.1. The number of hydrogen-bond acceptors (Lipinski definition) is 7. The summed E-state index contributed by atoms with van der Waals surface area (Å²) in [5.74, 6) is -0.0224. The van der Waals surface area contributed by atoms with E-state index < -0.39 is 15.8 Å². The summed E-state index contributed by atoms with van der Waals surface area (Å²) in [6.45, 7) is 0.458. The van der Waals surface area contributed by atoms with Crippen LogP contribution < -0.4 is 14.2 Å². The Morgan fingerprint density at radius 3 is 2.56 bits per heavy atom. The molecule has 0 amide bonds. The standard InChI is InChI=1S/C25H24FN3O5S2/c1-27-36(30,31)19-3-6-23(20(26)14-19)33-17-11-16(12-18(13-17)34-25(7-8-25)15-32-2)21-4-5-22(29-21)24-28-9-10-35-24/h3-6,9-14,27,29H,7-8,15H2,1-2H3. The van der Waals surface area contributed by atoms with E-state index in [9.17, 15) is 12.8 Å². The molecule has 0 radical (unpaired) electrons. The SMILES string of the molecule is CNS(=O)(=O)c1ccc(Oc2cc(OC3(COC)CC3)cc(-c3ccc(-c4nccs4)[nH]3)c2)c(F)c1. The number of nitrogens with one attached hydrogen (secondary N) is 2. The maximum atomic E-state index is 14.8. The monoisotopic (exact) mass is 529 g/mol. The number of H-pyrrole nitrogens is 1. The van der Waals surface area contributed by atoms with Crippen LogP contribution in [0.4, 0.5) is 4.39 Å². The fourth-order valence-electron chi connectivity index (χ4n) is 3.79. The molecule has 2 heterocycles. The van der Waals surface area contributed by atoms with Crippen molar-refractivity contribution in [2.75, 3.05) is 20.8 Å². The van der Waals surface area contributed by atoms with Crippen molar-refractivity contribution in [3.8, 4) is 39.2 Å². The zero-order valence-corrected chi connectivity index (χ0v) is 21.2. The highest BCUT2D eigenvalue weighted by molar-refractivity contribution is 7.89. The quantitative estimate of drug-likeness (QED) is 0.293. The van der Waals surface area contributed by atoms with Gasteiger partial charge in [0.15, 0.2) is 11.6 Å². The number of nitrogens with zero attached hydrogens (tertiary/aromatic N) is 1. The van der Waals surface area contributed by atoms with Crippen LogP contribution in [0.3, 0.4) is 0 Å². The molecule has 2 aromatic heterocycles. The Bertz CT molecular complexity index is 1480. The van der Waals surface area contributed by atoms with Gasteiger partial charge in [-0.15, -0.1) is 11.3 Å². The third-order valence-corrected chi connectivity index (χ3v) is 8.02. The van der Waals surface area contributed by atoms with Crippen molar-refractivity contribution in [3.05, 3.63) is 65.9 Å². The number of sulfonamides is 1. The minimum absolute atomic E-state index is 0.110. The molecule has 0 spiro atoms. The van der Waals surface area contributed by atoms with Crippen LogP contribution >= 0.6 is 11.3 Å². The number of hydrogen-bond donors (Lipinski definition) is 2. The Kier molecular flexibility index (Phi) is 6.56. The van der Waals surface area contributed by atoms with E-state index in [-0.39, 0.29) is 16.2 Å². The van der Waals surface area contributed by atoms with Gasteiger partial charge in [0.05, 0.1) is 17.2 Å². The number of rotatable bonds is 10. The first-order valence-corrected chi connectivity index (χ1v) is 13.5. The largest absolute Gasteiger partial charge is 0.485 e. The van der Waals surface area contributed by atoms with Crippen LogP contribution in [-0.4, -0.2) is 44.8 Å². The Morgan fingerprint density at radius 1 is 1.11 bits per heavy atom. The summed E-state index contributed by atoms with van der Waals surface area (Å²) in [5.41, 5.74) is 2.07. The smallest absolute Gasteiger partial charge is 0.240 e. The molecule has 36 heavy (non-hydrogen) atoms. The average molecular weight is 530 g/mol. The van der Waals surface area contributed by atoms with Crippen LogP contribution in [0.5, 0.6) is 17.2 Å². The molecule has 1 aliphatic rings. The van der Waals surface area contributed by atoms with Crippen molar-refractivity contribution >= 4 is 21.4 Å². The van der Waals surface area contributed by atoms with Gasteiger partial charge in [-0.25, -0.2) is 22.5 Å². The first kappa shape index (κ1) is 24.4. The molecule has 2 N–H and O–H groups in total. The third kappa shape index (κ3) is 5.14. The third-order valence-electron chi connectivity index (χ3n) is 5.80. The molecule has 0 unspecified atom stereocenters. The summed E-state index contributed by atoms with van der Waals surface area (Å²) in [4.78, 5) is 7.51. The van der Waals surface area contributed by atoms with E-state index in [1.807, 2.05) is 23.6 Å². The molecular weight excluding hydrogens is 505 g/mol. The molecule has 188 valence electrons. The first-order chi connectivity index (χ1) is 17.3. The highest BCUT2D eigenvalue weighted by atomic mass is 32.2. The molecule has 1 saturated carbocycles. The van der Waals surface area contributed by atoms with Crippen molar-refractivity contribution in [3.63, 3.8) is 0 Å². The number of ether oxygens (including phenoxy) is 3. The number of halogens is 1. The maximum absolute atomic E-state index is 14.8. The molecular formula is C25H24FN3O5S2. The topological polar surface area (TPSA) is 103 Å². The van der Waals surface area contributed by atoms with Gasteiger partial charge in [0.1, 0.15) is 22.1 Å².